The summed E-state index contributed by atoms with van der Waals surface area (Å²) in [6, 6.07) is 9.04. The number of nitrogen functional groups attached to an aromatic ring is 2. The van der Waals surface area contributed by atoms with Crippen LogP contribution >= 0.6 is 24.8 Å². The van der Waals surface area contributed by atoms with E-state index in [9.17, 15) is 14.7 Å². The molecule has 2 heterocycles. The molecular formula is C31H34Cl2N6O5. The van der Waals surface area contributed by atoms with E-state index in [1.165, 1.54) is 6.20 Å². The molecule has 4 aromatic rings. The third-order valence-electron chi connectivity index (χ3n) is 7.59. The number of nitrogens with two attached hydrogens (primary N) is 3. The average Bonchev–Trinajstić information content (AvgIpc) is 2.97. The topological polar surface area (TPSA) is 182 Å². The molecule has 0 unspecified atom stereocenters. The Morgan fingerprint density at radius 3 is 2.43 bits per heavy atom. The smallest absolute Gasteiger partial charge is 0.341 e. The molecule has 2 aromatic heterocycles. The van der Waals surface area contributed by atoms with Gasteiger partial charge in [0.05, 0.1) is 25.3 Å². The Morgan fingerprint density at radius 2 is 1.80 bits per heavy atom. The molecule has 5 rings (SSSR count). The third kappa shape index (κ3) is 7.00. The standard InChI is InChI=1S/C31H32N6O5.2ClH/c1-41-26-14-18(12-20-15-35-31(34)36-29(20)33)11-19(28(26)42-2)5-3-17-4-10-23-25(13-17)37(16-24(27(23)38)30(39)40)22-8-6-21(32)7-9-22;;/h4,10-11,13-16,21-22H,6-9,12,32H2,1-2H3,(H,39,40)(H4,33,34,35,36);2*1H. The van der Waals surface area contributed by atoms with Crippen molar-refractivity contribution < 1.29 is 19.4 Å². The molecule has 1 saturated carbocycles. The van der Waals surface area contributed by atoms with Crippen molar-refractivity contribution in [3.63, 3.8) is 0 Å². The number of carbonyl (C=O) groups is 1. The van der Waals surface area contributed by atoms with Gasteiger partial charge in [0, 0.05) is 47.4 Å². The number of carboxylic acids is 1. The zero-order valence-corrected chi connectivity index (χ0v) is 25.8. The zero-order chi connectivity index (χ0) is 30.0. The fourth-order valence-corrected chi connectivity index (χ4v) is 5.41. The molecule has 1 fully saturated rings. The Labute approximate surface area is 266 Å². The van der Waals surface area contributed by atoms with E-state index in [1.54, 1.807) is 32.5 Å². The quantitative estimate of drug-likeness (QED) is 0.225. The molecule has 1 aliphatic rings. The van der Waals surface area contributed by atoms with Gasteiger partial charge in [-0.1, -0.05) is 11.8 Å². The van der Waals surface area contributed by atoms with Gasteiger partial charge in [-0.25, -0.2) is 9.78 Å². The molecule has 1 aliphatic carbocycles. The van der Waals surface area contributed by atoms with Crippen LogP contribution in [0.2, 0.25) is 0 Å². The number of halogens is 2. The highest BCUT2D eigenvalue weighted by Gasteiger charge is 2.23. The minimum absolute atomic E-state index is 0. The molecule has 13 heteroatoms. The molecule has 0 saturated heterocycles. The molecule has 0 atom stereocenters. The molecule has 7 N–H and O–H groups in total. The van der Waals surface area contributed by atoms with Gasteiger partial charge in [-0.05, 0) is 61.6 Å². The van der Waals surface area contributed by atoms with Crippen LogP contribution in [0.1, 0.15) is 64.3 Å². The minimum atomic E-state index is -1.25. The number of carboxylic acid groups (broad SMARTS) is 1. The zero-order valence-electron chi connectivity index (χ0n) is 24.2. The highest BCUT2D eigenvalue weighted by molar-refractivity contribution is 5.93. The average molecular weight is 642 g/mol. The highest BCUT2D eigenvalue weighted by Crippen LogP contribution is 2.34. The highest BCUT2D eigenvalue weighted by atomic mass is 35.5. The molecule has 0 bridgehead atoms. The van der Waals surface area contributed by atoms with Gasteiger partial charge in [-0.15, -0.1) is 24.8 Å². The largest absolute Gasteiger partial charge is 0.493 e. The van der Waals surface area contributed by atoms with Crippen molar-refractivity contribution in [3.8, 4) is 23.3 Å². The van der Waals surface area contributed by atoms with Crippen molar-refractivity contribution in [1.82, 2.24) is 14.5 Å². The molecule has 0 aliphatic heterocycles. The summed E-state index contributed by atoms with van der Waals surface area (Å²) in [6.45, 7) is 0. The van der Waals surface area contributed by atoms with Gasteiger partial charge < -0.3 is 36.3 Å². The number of hydrogen-bond donors (Lipinski definition) is 4. The van der Waals surface area contributed by atoms with Crippen molar-refractivity contribution in [2.45, 2.75) is 44.2 Å². The summed E-state index contributed by atoms with van der Waals surface area (Å²) in [5, 5.41) is 10.0. The van der Waals surface area contributed by atoms with Gasteiger partial charge >= 0.3 is 5.97 Å². The number of anilines is 2. The van der Waals surface area contributed by atoms with E-state index in [2.05, 4.69) is 21.8 Å². The summed E-state index contributed by atoms with van der Waals surface area (Å²) >= 11 is 0. The number of pyridine rings is 1. The minimum Gasteiger partial charge on any atom is -0.493 e. The van der Waals surface area contributed by atoms with E-state index >= 15 is 0 Å². The molecule has 44 heavy (non-hydrogen) atoms. The van der Waals surface area contributed by atoms with Gasteiger partial charge in [-0.3, -0.25) is 4.79 Å². The van der Waals surface area contributed by atoms with E-state index in [-0.39, 0.29) is 54.2 Å². The van der Waals surface area contributed by atoms with E-state index in [1.807, 2.05) is 22.8 Å². The van der Waals surface area contributed by atoms with Crippen LogP contribution < -0.4 is 32.1 Å². The van der Waals surface area contributed by atoms with Crippen LogP contribution in [0.4, 0.5) is 11.8 Å². The molecular weight excluding hydrogens is 607 g/mol. The number of aromatic nitrogens is 3. The molecule has 0 spiro atoms. The first-order chi connectivity index (χ1) is 20.2. The fourth-order valence-electron chi connectivity index (χ4n) is 5.41. The Kier molecular flexibility index (Phi) is 11.1. The molecule has 232 valence electrons. The Bertz CT molecular complexity index is 1810. The van der Waals surface area contributed by atoms with Crippen LogP contribution in [-0.4, -0.2) is 45.9 Å². The van der Waals surface area contributed by atoms with Crippen LogP contribution in [0, 0.1) is 11.8 Å². The summed E-state index contributed by atoms with van der Waals surface area (Å²) in [4.78, 5) is 33.0. The van der Waals surface area contributed by atoms with Crippen LogP contribution in [-0.2, 0) is 6.42 Å². The van der Waals surface area contributed by atoms with E-state index in [0.717, 1.165) is 31.2 Å². The summed E-state index contributed by atoms with van der Waals surface area (Å²) < 4.78 is 13.1. The fraction of sp³-hybridized carbons (Fsp3) is 0.290. The van der Waals surface area contributed by atoms with Gasteiger partial charge in [0.2, 0.25) is 11.4 Å². The number of ether oxygens (including phenoxy) is 2. The van der Waals surface area contributed by atoms with Crippen LogP contribution in [0.5, 0.6) is 11.5 Å². The van der Waals surface area contributed by atoms with Crippen molar-refractivity contribution in [2.24, 2.45) is 5.73 Å². The Hall–Kier alpha value is -4.50. The number of nitrogens with zero attached hydrogens (tertiary/aromatic N) is 3. The predicted molar refractivity (Wildman–Crippen MR) is 174 cm³/mol. The molecule has 11 nitrogen and oxygen atoms in total. The second kappa shape index (κ2) is 14.3. The summed E-state index contributed by atoms with van der Waals surface area (Å²) in [6.07, 6.45) is 6.70. The van der Waals surface area contributed by atoms with Gasteiger partial charge in [0.15, 0.2) is 11.5 Å². The summed E-state index contributed by atoms with van der Waals surface area (Å²) in [5.41, 5.74) is 20.4. The Morgan fingerprint density at radius 1 is 1.07 bits per heavy atom. The van der Waals surface area contributed by atoms with Gasteiger partial charge in [0.25, 0.3) is 0 Å². The number of aromatic carboxylic acids is 1. The van der Waals surface area contributed by atoms with Crippen molar-refractivity contribution >= 4 is 53.5 Å². The van der Waals surface area contributed by atoms with Gasteiger partial charge in [0.1, 0.15) is 11.4 Å². The second-order valence-corrected chi connectivity index (χ2v) is 10.3. The van der Waals surface area contributed by atoms with Gasteiger partial charge in [-0.2, -0.15) is 4.98 Å². The summed E-state index contributed by atoms with van der Waals surface area (Å²) in [5.74, 6) is 6.47. The molecule has 2 aromatic carbocycles. The van der Waals surface area contributed by atoms with E-state index < -0.39 is 11.4 Å². The van der Waals surface area contributed by atoms with E-state index in [4.69, 9.17) is 26.7 Å². The third-order valence-corrected chi connectivity index (χ3v) is 7.59. The molecule has 0 amide bonds. The first-order valence-corrected chi connectivity index (χ1v) is 13.5. The predicted octanol–water partition coefficient (Wildman–Crippen LogP) is 3.95. The number of fused-ring (bicyclic) bond motifs is 1. The monoisotopic (exact) mass is 640 g/mol. The molecule has 0 radical (unpaired) electrons. The Balaban J connectivity index is 0.00000264. The maximum Gasteiger partial charge on any atom is 0.341 e. The van der Waals surface area contributed by atoms with Crippen molar-refractivity contribution in [1.29, 1.82) is 0 Å². The van der Waals surface area contributed by atoms with Crippen molar-refractivity contribution in [3.05, 3.63) is 80.8 Å². The first-order valence-electron chi connectivity index (χ1n) is 13.5. The lowest BCUT2D eigenvalue weighted by Gasteiger charge is -2.29. The maximum absolute atomic E-state index is 13.0. The summed E-state index contributed by atoms with van der Waals surface area (Å²) in [7, 11) is 3.09. The number of hydrogen-bond acceptors (Lipinski definition) is 9. The van der Waals surface area contributed by atoms with Crippen molar-refractivity contribution in [2.75, 3.05) is 25.7 Å². The second-order valence-electron chi connectivity index (χ2n) is 10.3. The normalized spacial score (nSPS) is 15.7. The number of benzene rings is 2. The van der Waals surface area contributed by atoms with E-state index in [0.29, 0.717) is 45.5 Å². The van der Waals surface area contributed by atoms with Crippen LogP contribution in [0.3, 0.4) is 0 Å². The van der Waals surface area contributed by atoms with Crippen LogP contribution in [0.15, 0.2) is 47.5 Å². The van der Waals surface area contributed by atoms with Crippen LogP contribution in [0.25, 0.3) is 10.9 Å². The number of methoxy groups -OCH3 is 2. The lowest BCUT2D eigenvalue weighted by molar-refractivity contribution is 0.0694. The maximum atomic E-state index is 13.0. The lowest BCUT2D eigenvalue weighted by atomic mass is 9.91. The first kappa shape index (κ1) is 34.0. The number of rotatable bonds is 6. The lowest BCUT2D eigenvalue weighted by Crippen LogP contribution is -2.29. The SMILES string of the molecule is COc1cc(Cc2cnc(N)nc2N)cc(C#Cc2ccc3c(=O)c(C(=O)O)cn(C4CCC(N)CC4)c3c2)c1OC.Cl.Cl.